The molecular formula is C14H18N2O3. The zero-order valence-electron chi connectivity index (χ0n) is 11.1. The maximum atomic E-state index is 11.9. The minimum atomic E-state index is -0.398. The van der Waals surface area contributed by atoms with Crippen LogP contribution in [-0.4, -0.2) is 35.4 Å². The quantitative estimate of drug-likeness (QED) is 0.779. The second-order valence-corrected chi connectivity index (χ2v) is 4.66. The Hall–Kier alpha value is -1.91. The van der Waals surface area contributed by atoms with Gasteiger partial charge in [-0.05, 0) is 25.0 Å². The monoisotopic (exact) mass is 262 g/mol. The van der Waals surface area contributed by atoms with Crippen molar-refractivity contribution in [1.82, 2.24) is 9.88 Å². The van der Waals surface area contributed by atoms with Crippen LogP contribution in [-0.2, 0) is 16.1 Å². The summed E-state index contributed by atoms with van der Waals surface area (Å²) in [5, 5.41) is 0. The first-order valence-electron chi connectivity index (χ1n) is 6.51. The normalized spacial score (nSPS) is 16.1. The van der Waals surface area contributed by atoms with Gasteiger partial charge < -0.3 is 9.64 Å². The van der Waals surface area contributed by atoms with Crippen LogP contribution in [0.25, 0.3) is 0 Å². The van der Waals surface area contributed by atoms with Gasteiger partial charge in [0.1, 0.15) is 0 Å². The molecule has 0 saturated carbocycles. The predicted molar refractivity (Wildman–Crippen MR) is 69.5 cm³/mol. The fourth-order valence-electron chi connectivity index (χ4n) is 2.16. The van der Waals surface area contributed by atoms with Gasteiger partial charge in [0.25, 0.3) is 0 Å². The first-order chi connectivity index (χ1) is 9.20. The fraction of sp³-hybridized carbons (Fsp3) is 0.500. The molecule has 0 radical (unpaired) electrons. The number of carbonyl (C=O) groups excluding carboxylic acids is 2. The number of esters is 1. The Morgan fingerprint density at radius 1 is 1.37 bits per heavy atom. The number of hydrogen-bond acceptors (Lipinski definition) is 4. The van der Waals surface area contributed by atoms with Gasteiger partial charge in [0.05, 0.1) is 24.9 Å². The number of methoxy groups -OCH3 is 1. The second kappa shape index (κ2) is 6.31. The molecule has 1 aromatic heterocycles. The molecule has 0 spiro atoms. The predicted octanol–water partition coefficient (Wildman–Crippen LogP) is 1.77. The van der Waals surface area contributed by atoms with Gasteiger partial charge in [-0.3, -0.25) is 9.78 Å². The zero-order valence-corrected chi connectivity index (χ0v) is 11.1. The van der Waals surface area contributed by atoms with E-state index in [1.54, 1.807) is 12.1 Å². The van der Waals surface area contributed by atoms with E-state index in [9.17, 15) is 9.59 Å². The molecule has 0 N–H and O–H groups in total. The Bertz CT molecular complexity index is 456. The first-order valence-corrected chi connectivity index (χ1v) is 6.51. The van der Waals surface area contributed by atoms with E-state index in [4.69, 9.17) is 0 Å². The summed E-state index contributed by atoms with van der Waals surface area (Å²) in [5.41, 5.74) is 1.22. The number of nitrogens with zero attached hydrogens (tertiary/aromatic N) is 2. The number of aromatic nitrogens is 1. The molecule has 0 bridgehead atoms. The third-order valence-corrected chi connectivity index (χ3v) is 3.27. The Balaban J connectivity index is 2.02. The molecule has 19 heavy (non-hydrogen) atoms. The summed E-state index contributed by atoms with van der Waals surface area (Å²) in [6.07, 6.45) is 5.25. The van der Waals surface area contributed by atoms with Gasteiger partial charge in [-0.1, -0.05) is 6.42 Å². The van der Waals surface area contributed by atoms with E-state index < -0.39 is 5.97 Å². The summed E-state index contributed by atoms with van der Waals surface area (Å²) in [6.45, 7) is 1.31. The van der Waals surface area contributed by atoms with Gasteiger partial charge in [-0.2, -0.15) is 0 Å². The van der Waals surface area contributed by atoms with Crippen molar-refractivity contribution in [3.05, 3.63) is 29.6 Å². The number of amides is 1. The lowest BCUT2D eigenvalue weighted by Gasteiger charge is -2.19. The van der Waals surface area contributed by atoms with Crippen LogP contribution >= 0.6 is 0 Å². The lowest BCUT2D eigenvalue weighted by Crippen LogP contribution is -2.30. The maximum Gasteiger partial charge on any atom is 0.339 e. The van der Waals surface area contributed by atoms with Crippen LogP contribution in [0.5, 0.6) is 0 Å². The molecule has 1 aromatic rings. The average Bonchev–Trinajstić information content (AvgIpc) is 2.64. The van der Waals surface area contributed by atoms with E-state index in [2.05, 4.69) is 9.72 Å². The minimum absolute atomic E-state index is 0.191. The SMILES string of the molecule is COC(=O)c1ccc(CN2CCCCCC2=O)nc1. The van der Waals surface area contributed by atoms with Crippen LogP contribution in [0.3, 0.4) is 0 Å². The van der Waals surface area contributed by atoms with Gasteiger partial charge in [0.15, 0.2) is 0 Å². The number of carbonyl (C=O) groups is 2. The highest BCUT2D eigenvalue weighted by atomic mass is 16.5. The van der Waals surface area contributed by atoms with Crippen LogP contribution in [0.4, 0.5) is 0 Å². The van der Waals surface area contributed by atoms with Crippen molar-refractivity contribution >= 4 is 11.9 Å². The molecule has 1 saturated heterocycles. The molecule has 5 nitrogen and oxygen atoms in total. The van der Waals surface area contributed by atoms with E-state index in [0.717, 1.165) is 31.5 Å². The number of pyridine rings is 1. The first kappa shape index (κ1) is 13.5. The summed E-state index contributed by atoms with van der Waals surface area (Å²) in [7, 11) is 1.34. The smallest absolute Gasteiger partial charge is 0.339 e. The molecule has 2 heterocycles. The lowest BCUT2D eigenvalue weighted by atomic mass is 10.2. The van der Waals surface area contributed by atoms with Crippen molar-refractivity contribution in [1.29, 1.82) is 0 Å². The van der Waals surface area contributed by atoms with Crippen molar-refractivity contribution in [2.24, 2.45) is 0 Å². The maximum absolute atomic E-state index is 11.9. The van der Waals surface area contributed by atoms with Gasteiger partial charge in [-0.25, -0.2) is 4.79 Å². The highest BCUT2D eigenvalue weighted by Gasteiger charge is 2.17. The highest BCUT2D eigenvalue weighted by Crippen LogP contribution is 2.14. The molecular weight excluding hydrogens is 244 g/mol. The summed E-state index contributed by atoms with van der Waals surface area (Å²) < 4.78 is 4.62. The highest BCUT2D eigenvalue weighted by molar-refractivity contribution is 5.88. The van der Waals surface area contributed by atoms with Crippen molar-refractivity contribution < 1.29 is 14.3 Å². The molecule has 1 aliphatic heterocycles. The summed E-state index contributed by atoms with van der Waals surface area (Å²) >= 11 is 0. The topological polar surface area (TPSA) is 59.5 Å². The Morgan fingerprint density at radius 3 is 2.89 bits per heavy atom. The molecule has 0 unspecified atom stereocenters. The molecule has 2 rings (SSSR count). The number of ether oxygens (including phenoxy) is 1. The fourth-order valence-corrected chi connectivity index (χ4v) is 2.16. The van der Waals surface area contributed by atoms with Gasteiger partial charge in [0, 0.05) is 19.2 Å². The second-order valence-electron chi connectivity index (χ2n) is 4.66. The molecule has 102 valence electrons. The van der Waals surface area contributed by atoms with Crippen LogP contribution < -0.4 is 0 Å². The molecule has 1 fully saturated rings. The van der Waals surface area contributed by atoms with Crippen molar-refractivity contribution in [3.8, 4) is 0 Å². The number of hydrogen-bond donors (Lipinski definition) is 0. The van der Waals surface area contributed by atoms with Gasteiger partial charge in [0.2, 0.25) is 5.91 Å². The van der Waals surface area contributed by atoms with Crippen LogP contribution in [0.1, 0.15) is 41.7 Å². The van der Waals surface area contributed by atoms with Crippen LogP contribution in [0.2, 0.25) is 0 Å². The molecule has 1 amide bonds. The number of rotatable bonds is 3. The van der Waals surface area contributed by atoms with Crippen molar-refractivity contribution in [3.63, 3.8) is 0 Å². The van der Waals surface area contributed by atoms with E-state index in [1.165, 1.54) is 13.3 Å². The van der Waals surface area contributed by atoms with Crippen molar-refractivity contribution in [2.75, 3.05) is 13.7 Å². The zero-order chi connectivity index (χ0) is 13.7. The third-order valence-electron chi connectivity index (χ3n) is 3.27. The molecule has 5 heteroatoms. The summed E-state index contributed by atoms with van der Waals surface area (Å²) in [5.74, 6) is -0.207. The Labute approximate surface area is 112 Å². The van der Waals surface area contributed by atoms with Crippen molar-refractivity contribution in [2.45, 2.75) is 32.2 Å². The minimum Gasteiger partial charge on any atom is -0.465 e. The number of likely N-dealkylation sites (tertiary alicyclic amines) is 1. The van der Waals surface area contributed by atoms with E-state index in [-0.39, 0.29) is 5.91 Å². The van der Waals surface area contributed by atoms with Gasteiger partial charge >= 0.3 is 5.97 Å². The van der Waals surface area contributed by atoms with E-state index in [1.807, 2.05) is 4.90 Å². The molecule has 0 aromatic carbocycles. The van der Waals surface area contributed by atoms with Crippen LogP contribution in [0.15, 0.2) is 18.3 Å². The summed E-state index contributed by atoms with van der Waals surface area (Å²) in [4.78, 5) is 29.2. The van der Waals surface area contributed by atoms with Crippen LogP contribution in [0, 0.1) is 0 Å². The van der Waals surface area contributed by atoms with Gasteiger partial charge in [-0.15, -0.1) is 0 Å². The average molecular weight is 262 g/mol. The lowest BCUT2D eigenvalue weighted by molar-refractivity contribution is -0.131. The van der Waals surface area contributed by atoms with E-state index >= 15 is 0 Å². The molecule has 1 aliphatic rings. The third kappa shape index (κ3) is 3.53. The Morgan fingerprint density at radius 2 is 2.21 bits per heavy atom. The Kier molecular flexibility index (Phi) is 4.49. The molecule has 0 atom stereocenters. The largest absolute Gasteiger partial charge is 0.465 e. The van der Waals surface area contributed by atoms with E-state index in [0.29, 0.717) is 18.5 Å². The standard InChI is InChI=1S/C14H18N2O3/c1-19-14(18)11-6-7-12(15-9-11)10-16-8-4-2-3-5-13(16)17/h6-7,9H,2-5,8,10H2,1H3. The molecule has 0 aliphatic carbocycles. The summed E-state index contributed by atoms with van der Waals surface area (Å²) in [6, 6.07) is 3.45.